The topological polar surface area (TPSA) is 42.0 Å². The first kappa shape index (κ1) is 18.9. The summed E-state index contributed by atoms with van der Waals surface area (Å²) in [6, 6.07) is 15.7. The van der Waals surface area contributed by atoms with Crippen LogP contribution in [-0.2, 0) is 0 Å². The number of rotatable bonds is 4. The fraction of sp³-hybridized carbons (Fsp3) is 0.100. The van der Waals surface area contributed by atoms with Gasteiger partial charge in [-0.25, -0.2) is 0 Å². The highest BCUT2D eigenvalue weighted by Gasteiger charge is 2.21. The Kier molecular flexibility index (Phi) is 5.97. The number of pyridine rings is 1. The Morgan fingerprint density at radius 2 is 1.85 bits per heavy atom. The fourth-order valence-corrected chi connectivity index (χ4v) is 3.18. The summed E-state index contributed by atoms with van der Waals surface area (Å²) in [4.78, 5) is 17.2. The van der Waals surface area contributed by atoms with E-state index in [-0.39, 0.29) is 5.91 Å². The van der Waals surface area contributed by atoms with Crippen molar-refractivity contribution in [1.29, 1.82) is 0 Å². The van der Waals surface area contributed by atoms with Crippen LogP contribution in [0.1, 0.15) is 33.2 Å². The first-order chi connectivity index (χ1) is 12.5. The van der Waals surface area contributed by atoms with Crippen LogP contribution in [0.3, 0.4) is 0 Å². The van der Waals surface area contributed by atoms with Crippen molar-refractivity contribution in [3.05, 3.63) is 97.7 Å². The van der Waals surface area contributed by atoms with Gasteiger partial charge in [-0.15, -0.1) is 0 Å². The third kappa shape index (κ3) is 4.26. The molecule has 0 bridgehead atoms. The molecule has 1 N–H and O–H groups in total. The van der Waals surface area contributed by atoms with Crippen molar-refractivity contribution in [2.75, 3.05) is 0 Å². The quantitative estimate of drug-likeness (QED) is 0.532. The summed E-state index contributed by atoms with van der Waals surface area (Å²) < 4.78 is 0.955. The van der Waals surface area contributed by atoms with Crippen LogP contribution in [0, 0.1) is 6.92 Å². The van der Waals surface area contributed by atoms with Crippen LogP contribution in [0.5, 0.6) is 0 Å². The van der Waals surface area contributed by atoms with Crippen LogP contribution in [-0.4, -0.2) is 10.9 Å². The lowest BCUT2D eigenvalue weighted by atomic mass is 10.0. The van der Waals surface area contributed by atoms with Gasteiger partial charge in [0.2, 0.25) is 0 Å². The van der Waals surface area contributed by atoms with E-state index in [1.54, 1.807) is 36.5 Å². The van der Waals surface area contributed by atoms with Crippen molar-refractivity contribution in [3.63, 3.8) is 0 Å². The molecule has 0 radical (unpaired) electrons. The predicted octanol–water partition coefficient (Wildman–Crippen LogP) is 5.98. The van der Waals surface area contributed by atoms with Crippen LogP contribution in [0.2, 0.25) is 10.0 Å². The molecule has 0 aliphatic rings. The van der Waals surface area contributed by atoms with E-state index < -0.39 is 6.04 Å². The zero-order valence-corrected chi connectivity index (χ0v) is 16.9. The van der Waals surface area contributed by atoms with E-state index in [1.807, 2.05) is 31.2 Å². The average Bonchev–Trinajstić information content (AvgIpc) is 2.63. The van der Waals surface area contributed by atoms with Gasteiger partial charge in [-0.2, -0.15) is 0 Å². The average molecular weight is 450 g/mol. The third-order valence-corrected chi connectivity index (χ3v) is 5.42. The molecule has 0 spiro atoms. The monoisotopic (exact) mass is 448 g/mol. The lowest BCUT2D eigenvalue weighted by molar-refractivity contribution is 0.0942. The van der Waals surface area contributed by atoms with E-state index in [4.69, 9.17) is 23.2 Å². The second-order valence-corrected chi connectivity index (χ2v) is 7.49. The summed E-state index contributed by atoms with van der Waals surface area (Å²) in [5.41, 5.74) is 2.98. The van der Waals surface area contributed by atoms with E-state index in [0.29, 0.717) is 21.3 Å². The summed E-state index contributed by atoms with van der Waals surface area (Å²) in [5, 5.41) is 4.13. The maximum atomic E-state index is 12.8. The van der Waals surface area contributed by atoms with E-state index in [2.05, 4.69) is 26.2 Å². The summed E-state index contributed by atoms with van der Waals surface area (Å²) in [5.74, 6) is -0.206. The third-order valence-electron chi connectivity index (χ3n) is 3.96. The Bertz CT molecular complexity index is 945. The van der Waals surface area contributed by atoms with Crippen molar-refractivity contribution < 1.29 is 4.79 Å². The molecule has 26 heavy (non-hydrogen) atoms. The van der Waals surface area contributed by atoms with Crippen molar-refractivity contribution >= 4 is 45.0 Å². The van der Waals surface area contributed by atoms with Crippen LogP contribution in [0.15, 0.2) is 65.3 Å². The molecular weight excluding hydrogens is 435 g/mol. The van der Waals surface area contributed by atoms with E-state index in [1.165, 1.54) is 0 Å². The maximum absolute atomic E-state index is 12.8. The molecular formula is C20H15BrCl2N2O. The van der Waals surface area contributed by atoms with Gasteiger partial charge in [-0.05, 0) is 60.5 Å². The molecule has 0 aliphatic heterocycles. The Hall–Kier alpha value is -1.88. The summed E-state index contributed by atoms with van der Waals surface area (Å²) in [6.07, 6.45) is 1.65. The summed E-state index contributed by atoms with van der Waals surface area (Å²) >= 11 is 15.8. The minimum absolute atomic E-state index is 0.206. The lowest BCUT2D eigenvalue weighted by Crippen LogP contribution is -2.30. The Morgan fingerprint density at radius 3 is 2.50 bits per heavy atom. The molecule has 6 heteroatoms. The molecule has 1 heterocycles. The first-order valence-electron chi connectivity index (χ1n) is 7.88. The predicted molar refractivity (Wildman–Crippen MR) is 109 cm³/mol. The van der Waals surface area contributed by atoms with Crippen LogP contribution >= 0.6 is 39.1 Å². The number of nitrogens with zero attached hydrogens (tertiary/aromatic N) is 1. The molecule has 1 aromatic heterocycles. The van der Waals surface area contributed by atoms with Gasteiger partial charge in [-0.1, -0.05) is 51.3 Å². The number of aromatic nitrogens is 1. The molecule has 2 aromatic carbocycles. The van der Waals surface area contributed by atoms with Gasteiger partial charge in [0.1, 0.15) is 0 Å². The normalized spacial score (nSPS) is 11.8. The molecule has 0 aliphatic carbocycles. The molecule has 1 unspecified atom stereocenters. The van der Waals surface area contributed by atoms with E-state index >= 15 is 0 Å². The fourth-order valence-electron chi connectivity index (χ4n) is 2.58. The van der Waals surface area contributed by atoms with Gasteiger partial charge in [-0.3, -0.25) is 9.78 Å². The highest BCUT2D eigenvalue weighted by atomic mass is 79.9. The van der Waals surface area contributed by atoms with Gasteiger partial charge < -0.3 is 5.32 Å². The van der Waals surface area contributed by atoms with Crippen molar-refractivity contribution in [1.82, 2.24) is 10.3 Å². The number of hydrogen-bond acceptors (Lipinski definition) is 2. The highest BCUT2D eigenvalue weighted by molar-refractivity contribution is 9.10. The first-order valence-corrected chi connectivity index (χ1v) is 9.43. The molecule has 3 rings (SSSR count). The second-order valence-electron chi connectivity index (χ2n) is 5.79. The smallest absolute Gasteiger partial charge is 0.252 e. The standard InChI is InChI=1S/C20H15BrCl2N2O/c1-12-11-14(6-9-16(12)21)20(26)25-18(13-4-7-15(22)8-5-13)19-17(23)3-2-10-24-19/h2-11,18H,1H3,(H,25,26). The minimum Gasteiger partial charge on any atom is -0.339 e. The van der Waals surface area contributed by atoms with Crippen LogP contribution < -0.4 is 5.32 Å². The van der Waals surface area contributed by atoms with E-state index in [0.717, 1.165) is 15.6 Å². The number of hydrogen-bond donors (Lipinski definition) is 1. The lowest BCUT2D eigenvalue weighted by Gasteiger charge is -2.20. The Balaban J connectivity index is 1.98. The number of benzene rings is 2. The van der Waals surface area contributed by atoms with Gasteiger partial charge in [0, 0.05) is 21.3 Å². The Labute approximate surface area is 170 Å². The number of nitrogens with one attached hydrogen (secondary N) is 1. The zero-order chi connectivity index (χ0) is 18.7. The number of carbonyl (C=O) groups is 1. The molecule has 0 saturated carbocycles. The molecule has 132 valence electrons. The van der Waals surface area contributed by atoms with E-state index in [9.17, 15) is 4.79 Å². The molecule has 1 amide bonds. The molecule has 0 fully saturated rings. The van der Waals surface area contributed by atoms with Crippen molar-refractivity contribution in [2.24, 2.45) is 0 Å². The van der Waals surface area contributed by atoms with Crippen molar-refractivity contribution in [3.8, 4) is 0 Å². The second kappa shape index (κ2) is 8.21. The number of amides is 1. The van der Waals surface area contributed by atoms with Gasteiger partial charge in [0.05, 0.1) is 16.8 Å². The number of carbonyl (C=O) groups excluding carboxylic acids is 1. The minimum atomic E-state index is -0.489. The molecule has 3 nitrogen and oxygen atoms in total. The molecule has 0 saturated heterocycles. The SMILES string of the molecule is Cc1cc(C(=O)NC(c2ccc(Cl)cc2)c2ncccc2Cl)ccc1Br. The maximum Gasteiger partial charge on any atom is 0.252 e. The number of halogens is 3. The largest absolute Gasteiger partial charge is 0.339 e. The van der Waals surface area contributed by atoms with Gasteiger partial charge >= 0.3 is 0 Å². The molecule has 1 atom stereocenters. The highest BCUT2D eigenvalue weighted by Crippen LogP contribution is 2.28. The van der Waals surface area contributed by atoms with Gasteiger partial charge in [0.15, 0.2) is 0 Å². The summed E-state index contributed by atoms with van der Waals surface area (Å²) in [7, 11) is 0. The number of aryl methyl sites for hydroxylation is 1. The summed E-state index contributed by atoms with van der Waals surface area (Å²) in [6.45, 7) is 1.94. The zero-order valence-electron chi connectivity index (χ0n) is 13.8. The van der Waals surface area contributed by atoms with Gasteiger partial charge in [0.25, 0.3) is 5.91 Å². The Morgan fingerprint density at radius 1 is 1.12 bits per heavy atom. The molecule has 3 aromatic rings. The van der Waals surface area contributed by atoms with Crippen LogP contribution in [0.25, 0.3) is 0 Å². The van der Waals surface area contributed by atoms with Crippen LogP contribution in [0.4, 0.5) is 0 Å². The van der Waals surface area contributed by atoms with Crippen molar-refractivity contribution in [2.45, 2.75) is 13.0 Å².